The van der Waals surface area contributed by atoms with E-state index in [9.17, 15) is 0 Å². The Balaban J connectivity index is 2.07. The van der Waals surface area contributed by atoms with Gasteiger partial charge in [-0.15, -0.1) is 22.7 Å². The van der Waals surface area contributed by atoms with Crippen LogP contribution in [0.25, 0.3) is 10.1 Å². The molecule has 86 valence electrons. The van der Waals surface area contributed by atoms with Crippen LogP contribution in [-0.4, -0.2) is 0 Å². The van der Waals surface area contributed by atoms with Crippen LogP contribution in [0.5, 0.6) is 0 Å². The number of benzene rings is 1. The van der Waals surface area contributed by atoms with Crippen molar-refractivity contribution in [1.82, 2.24) is 0 Å². The quantitative estimate of drug-likeness (QED) is 0.728. The maximum absolute atomic E-state index is 6.34. The first-order valence-electron chi connectivity index (χ1n) is 5.54. The van der Waals surface area contributed by atoms with Gasteiger partial charge in [0.05, 0.1) is 6.04 Å². The van der Waals surface area contributed by atoms with Crippen LogP contribution < -0.4 is 5.73 Å². The van der Waals surface area contributed by atoms with Gasteiger partial charge in [0.15, 0.2) is 0 Å². The highest BCUT2D eigenvalue weighted by Crippen LogP contribution is 2.33. The Morgan fingerprint density at radius 3 is 2.71 bits per heavy atom. The van der Waals surface area contributed by atoms with Crippen LogP contribution in [0.4, 0.5) is 0 Å². The zero-order valence-electron chi connectivity index (χ0n) is 9.51. The summed E-state index contributed by atoms with van der Waals surface area (Å²) in [6.07, 6.45) is 0. The molecule has 3 rings (SSSR count). The molecular formula is C14H13NS2. The molecule has 0 saturated carbocycles. The lowest BCUT2D eigenvalue weighted by atomic mass is 10.1. The predicted molar refractivity (Wildman–Crippen MR) is 76.9 cm³/mol. The zero-order valence-corrected chi connectivity index (χ0v) is 11.1. The second kappa shape index (κ2) is 4.26. The van der Waals surface area contributed by atoms with Crippen LogP contribution in [-0.2, 0) is 0 Å². The first-order valence-corrected chi connectivity index (χ1v) is 7.23. The molecule has 17 heavy (non-hydrogen) atoms. The minimum Gasteiger partial charge on any atom is -0.320 e. The molecule has 1 aromatic carbocycles. The molecule has 1 atom stereocenters. The van der Waals surface area contributed by atoms with Gasteiger partial charge in [-0.1, -0.05) is 18.2 Å². The average Bonchev–Trinajstić information content (AvgIpc) is 2.93. The van der Waals surface area contributed by atoms with Crippen molar-refractivity contribution in [2.24, 2.45) is 5.73 Å². The third-order valence-corrected chi connectivity index (χ3v) is 5.05. The number of thiophene rings is 2. The second-order valence-electron chi connectivity index (χ2n) is 4.10. The molecule has 1 nitrogen and oxygen atoms in total. The van der Waals surface area contributed by atoms with Gasteiger partial charge in [0, 0.05) is 14.5 Å². The van der Waals surface area contributed by atoms with Gasteiger partial charge < -0.3 is 5.73 Å². The normalized spacial score (nSPS) is 13.1. The molecule has 0 aliphatic carbocycles. The Hall–Kier alpha value is -1.16. The molecule has 0 amide bonds. The standard InChI is InChI=1S/C14H13NS2/c1-9-11(6-7-16-9)14(15)13-8-10-4-2-3-5-12(10)17-13/h2-8,14H,15H2,1H3. The summed E-state index contributed by atoms with van der Waals surface area (Å²) in [4.78, 5) is 2.56. The van der Waals surface area contributed by atoms with Crippen molar-refractivity contribution >= 4 is 32.8 Å². The van der Waals surface area contributed by atoms with E-state index in [2.05, 4.69) is 48.7 Å². The molecule has 0 radical (unpaired) electrons. The Morgan fingerprint density at radius 1 is 1.18 bits per heavy atom. The fourth-order valence-corrected chi connectivity index (χ4v) is 3.86. The fourth-order valence-electron chi connectivity index (χ4n) is 2.03. The van der Waals surface area contributed by atoms with Gasteiger partial charge in [-0.05, 0) is 41.5 Å². The van der Waals surface area contributed by atoms with E-state index in [1.165, 1.54) is 25.4 Å². The van der Waals surface area contributed by atoms with Crippen molar-refractivity contribution in [2.75, 3.05) is 0 Å². The van der Waals surface area contributed by atoms with Crippen LogP contribution in [0.3, 0.4) is 0 Å². The molecule has 0 spiro atoms. The van der Waals surface area contributed by atoms with Crippen LogP contribution in [0.2, 0.25) is 0 Å². The molecule has 0 saturated heterocycles. The molecule has 0 fully saturated rings. The minimum absolute atomic E-state index is 0.0126. The molecule has 3 aromatic rings. The SMILES string of the molecule is Cc1sccc1C(N)c1cc2ccccc2s1. The predicted octanol–water partition coefficient (Wildman–Crippen LogP) is 4.32. The summed E-state index contributed by atoms with van der Waals surface area (Å²) in [5.74, 6) is 0. The maximum atomic E-state index is 6.34. The van der Waals surface area contributed by atoms with Crippen LogP contribution in [0.15, 0.2) is 41.8 Å². The molecule has 0 bridgehead atoms. The number of hydrogen-bond donors (Lipinski definition) is 1. The van der Waals surface area contributed by atoms with Gasteiger partial charge >= 0.3 is 0 Å². The Morgan fingerprint density at radius 2 is 2.00 bits per heavy atom. The molecular weight excluding hydrogens is 246 g/mol. The topological polar surface area (TPSA) is 26.0 Å². The third-order valence-electron chi connectivity index (χ3n) is 2.99. The smallest absolute Gasteiger partial charge is 0.0657 e. The summed E-state index contributed by atoms with van der Waals surface area (Å²) in [7, 11) is 0. The summed E-state index contributed by atoms with van der Waals surface area (Å²) in [5, 5.41) is 3.40. The van der Waals surface area contributed by atoms with Crippen molar-refractivity contribution in [3.63, 3.8) is 0 Å². The number of aryl methyl sites for hydroxylation is 1. The summed E-state index contributed by atoms with van der Waals surface area (Å²) in [5.41, 5.74) is 7.59. The van der Waals surface area contributed by atoms with Crippen molar-refractivity contribution < 1.29 is 0 Å². The summed E-state index contributed by atoms with van der Waals surface area (Å²) in [6.45, 7) is 2.13. The highest BCUT2D eigenvalue weighted by Gasteiger charge is 2.14. The summed E-state index contributed by atoms with van der Waals surface area (Å²) < 4.78 is 1.31. The van der Waals surface area contributed by atoms with E-state index in [0.717, 1.165) is 0 Å². The average molecular weight is 259 g/mol. The van der Waals surface area contributed by atoms with Crippen LogP contribution in [0, 0.1) is 6.92 Å². The van der Waals surface area contributed by atoms with Crippen molar-refractivity contribution in [2.45, 2.75) is 13.0 Å². The van der Waals surface area contributed by atoms with Crippen LogP contribution in [0.1, 0.15) is 21.4 Å². The number of rotatable bonds is 2. The van der Waals surface area contributed by atoms with E-state index in [4.69, 9.17) is 5.73 Å². The molecule has 0 aliphatic rings. The zero-order chi connectivity index (χ0) is 11.8. The lowest BCUT2D eigenvalue weighted by molar-refractivity contribution is 0.892. The second-order valence-corrected chi connectivity index (χ2v) is 6.33. The van der Waals surface area contributed by atoms with Crippen molar-refractivity contribution in [3.05, 3.63) is 57.1 Å². The van der Waals surface area contributed by atoms with E-state index < -0.39 is 0 Å². The molecule has 2 N–H and O–H groups in total. The fraction of sp³-hybridized carbons (Fsp3) is 0.143. The monoisotopic (exact) mass is 259 g/mol. The van der Waals surface area contributed by atoms with E-state index in [1.54, 1.807) is 22.7 Å². The number of nitrogens with two attached hydrogens (primary N) is 1. The molecule has 2 aromatic heterocycles. The lowest BCUT2D eigenvalue weighted by Gasteiger charge is -2.08. The first-order chi connectivity index (χ1) is 8.25. The Labute approximate surface area is 109 Å². The van der Waals surface area contributed by atoms with E-state index in [1.807, 2.05) is 0 Å². The molecule has 3 heteroatoms. The highest BCUT2D eigenvalue weighted by molar-refractivity contribution is 7.19. The first kappa shape index (κ1) is 11.0. The van der Waals surface area contributed by atoms with E-state index in [-0.39, 0.29) is 6.04 Å². The number of fused-ring (bicyclic) bond motifs is 1. The van der Waals surface area contributed by atoms with Gasteiger partial charge in [-0.2, -0.15) is 0 Å². The minimum atomic E-state index is 0.0126. The van der Waals surface area contributed by atoms with E-state index in [0.29, 0.717) is 0 Å². The summed E-state index contributed by atoms with van der Waals surface area (Å²) in [6, 6.07) is 12.8. The van der Waals surface area contributed by atoms with Crippen molar-refractivity contribution in [1.29, 1.82) is 0 Å². The third kappa shape index (κ3) is 1.90. The lowest BCUT2D eigenvalue weighted by Crippen LogP contribution is -2.09. The Bertz CT molecular complexity index is 618. The van der Waals surface area contributed by atoms with Gasteiger partial charge in [0.25, 0.3) is 0 Å². The maximum Gasteiger partial charge on any atom is 0.0657 e. The Kier molecular flexibility index (Phi) is 2.74. The van der Waals surface area contributed by atoms with Gasteiger partial charge in [-0.3, -0.25) is 0 Å². The van der Waals surface area contributed by atoms with Gasteiger partial charge in [0.1, 0.15) is 0 Å². The van der Waals surface area contributed by atoms with Crippen LogP contribution >= 0.6 is 22.7 Å². The summed E-state index contributed by atoms with van der Waals surface area (Å²) >= 11 is 3.55. The van der Waals surface area contributed by atoms with Crippen molar-refractivity contribution in [3.8, 4) is 0 Å². The van der Waals surface area contributed by atoms with Gasteiger partial charge in [0.2, 0.25) is 0 Å². The number of hydrogen-bond acceptors (Lipinski definition) is 3. The molecule has 0 aliphatic heterocycles. The molecule has 1 unspecified atom stereocenters. The van der Waals surface area contributed by atoms with E-state index >= 15 is 0 Å². The van der Waals surface area contributed by atoms with Gasteiger partial charge in [-0.25, -0.2) is 0 Å². The highest BCUT2D eigenvalue weighted by atomic mass is 32.1. The largest absolute Gasteiger partial charge is 0.320 e. The molecule has 2 heterocycles.